The van der Waals surface area contributed by atoms with Crippen LogP contribution in [0.2, 0.25) is 0 Å². The molecule has 2 aromatic rings. The summed E-state index contributed by atoms with van der Waals surface area (Å²) in [5.74, 6) is 0. The molecule has 0 spiro atoms. The third-order valence-electron chi connectivity index (χ3n) is 2.07. The molecule has 0 saturated heterocycles. The Balaban J connectivity index is 2.18. The van der Waals surface area contributed by atoms with E-state index in [0.717, 1.165) is 22.7 Å². The number of aromatic nitrogens is 1. The summed E-state index contributed by atoms with van der Waals surface area (Å²) < 4.78 is 0. The minimum absolute atomic E-state index is 0.543. The van der Waals surface area contributed by atoms with Crippen molar-refractivity contribution in [3.8, 4) is 17.3 Å². The molecular formula is C12H10N2S. The molecule has 0 atom stereocenters. The Hall–Kier alpha value is -1.66. The fourth-order valence-corrected chi connectivity index (χ4v) is 2.14. The van der Waals surface area contributed by atoms with Gasteiger partial charge in [0.1, 0.15) is 0 Å². The molecule has 0 radical (unpaired) electrons. The molecule has 0 aliphatic heterocycles. The number of benzene rings is 1. The van der Waals surface area contributed by atoms with Crippen molar-refractivity contribution in [1.82, 2.24) is 4.98 Å². The number of hydrogen-bond acceptors (Lipinski definition) is 3. The van der Waals surface area contributed by atoms with Crippen molar-refractivity contribution in [2.75, 3.05) is 0 Å². The van der Waals surface area contributed by atoms with Gasteiger partial charge in [-0.1, -0.05) is 30.3 Å². The Labute approximate surface area is 92.8 Å². The zero-order chi connectivity index (χ0) is 10.5. The standard InChI is InChI=1S/C12H10N2S/c13-8-4-7-12-14-11(9-15-12)10-5-2-1-3-6-10/h1-3,5-6,9H,4,7H2. The highest BCUT2D eigenvalue weighted by molar-refractivity contribution is 7.09. The maximum atomic E-state index is 8.48. The highest BCUT2D eigenvalue weighted by Crippen LogP contribution is 2.21. The van der Waals surface area contributed by atoms with Crippen LogP contribution in [0.15, 0.2) is 35.7 Å². The van der Waals surface area contributed by atoms with Gasteiger partial charge in [0.15, 0.2) is 0 Å². The third-order valence-corrected chi connectivity index (χ3v) is 2.98. The lowest BCUT2D eigenvalue weighted by molar-refractivity contribution is 0.991. The van der Waals surface area contributed by atoms with Crippen molar-refractivity contribution in [3.05, 3.63) is 40.7 Å². The second-order valence-corrected chi connectivity index (χ2v) is 4.09. The molecule has 1 aromatic heterocycles. The fraction of sp³-hybridized carbons (Fsp3) is 0.167. The molecule has 0 aliphatic carbocycles. The van der Waals surface area contributed by atoms with E-state index in [9.17, 15) is 0 Å². The maximum absolute atomic E-state index is 8.48. The van der Waals surface area contributed by atoms with Crippen LogP contribution in [0.4, 0.5) is 0 Å². The predicted molar refractivity (Wildman–Crippen MR) is 61.5 cm³/mol. The maximum Gasteiger partial charge on any atom is 0.0942 e. The summed E-state index contributed by atoms with van der Waals surface area (Å²) >= 11 is 1.62. The first-order valence-corrected chi connectivity index (χ1v) is 5.65. The van der Waals surface area contributed by atoms with E-state index in [0.29, 0.717) is 6.42 Å². The van der Waals surface area contributed by atoms with Gasteiger partial charge < -0.3 is 0 Å². The molecule has 2 rings (SSSR count). The highest BCUT2D eigenvalue weighted by Gasteiger charge is 2.03. The lowest BCUT2D eigenvalue weighted by Gasteiger charge is -1.93. The molecule has 3 heteroatoms. The Bertz CT molecular complexity index is 468. The molecule has 0 N–H and O–H groups in total. The van der Waals surface area contributed by atoms with Crippen molar-refractivity contribution in [3.63, 3.8) is 0 Å². The van der Waals surface area contributed by atoms with Gasteiger partial charge in [-0.05, 0) is 0 Å². The second-order valence-electron chi connectivity index (χ2n) is 3.15. The third kappa shape index (κ3) is 2.42. The van der Waals surface area contributed by atoms with Crippen LogP contribution in [0, 0.1) is 11.3 Å². The molecule has 0 amide bonds. The average Bonchev–Trinajstić information content (AvgIpc) is 2.76. The Morgan fingerprint density at radius 2 is 2.07 bits per heavy atom. The molecule has 0 unspecified atom stereocenters. The lowest BCUT2D eigenvalue weighted by Crippen LogP contribution is -1.82. The summed E-state index contributed by atoms with van der Waals surface area (Å²) in [5, 5.41) is 11.6. The van der Waals surface area contributed by atoms with E-state index >= 15 is 0 Å². The summed E-state index contributed by atoms with van der Waals surface area (Å²) in [6.07, 6.45) is 1.30. The first-order chi connectivity index (χ1) is 7.40. The van der Waals surface area contributed by atoms with Crippen LogP contribution in [-0.4, -0.2) is 4.98 Å². The van der Waals surface area contributed by atoms with Crippen molar-refractivity contribution < 1.29 is 0 Å². The van der Waals surface area contributed by atoms with Gasteiger partial charge in [0.2, 0.25) is 0 Å². The smallest absolute Gasteiger partial charge is 0.0942 e. The van der Waals surface area contributed by atoms with Crippen molar-refractivity contribution in [2.45, 2.75) is 12.8 Å². The summed E-state index contributed by atoms with van der Waals surface area (Å²) in [6, 6.07) is 12.2. The van der Waals surface area contributed by atoms with Gasteiger partial charge in [-0.25, -0.2) is 4.98 Å². The molecule has 0 bridgehead atoms. The Kier molecular flexibility index (Phi) is 3.11. The van der Waals surface area contributed by atoms with Crippen LogP contribution >= 0.6 is 11.3 Å². The van der Waals surface area contributed by atoms with E-state index in [1.807, 2.05) is 35.7 Å². The minimum atomic E-state index is 0.543. The monoisotopic (exact) mass is 214 g/mol. The lowest BCUT2D eigenvalue weighted by atomic mass is 10.2. The van der Waals surface area contributed by atoms with Crippen LogP contribution in [0.5, 0.6) is 0 Å². The predicted octanol–water partition coefficient (Wildman–Crippen LogP) is 3.27. The van der Waals surface area contributed by atoms with Gasteiger partial charge in [0.05, 0.1) is 16.8 Å². The van der Waals surface area contributed by atoms with Crippen LogP contribution in [0.3, 0.4) is 0 Å². The number of thiazole rings is 1. The van der Waals surface area contributed by atoms with Crippen LogP contribution in [-0.2, 0) is 6.42 Å². The van der Waals surface area contributed by atoms with Crippen LogP contribution in [0.25, 0.3) is 11.3 Å². The Morgan fingerprint density at radius 3 is 2.80 bits per heavy atom. The molecule has 0 fully saturated rings. The molecule has 1 aromatic carbocycles. The molecular weight excluding hydrogens is 204 g/mol. The van der Waals surface area contributed by atoms with Crippen molar-refractivity contribution >= 4 is 11.3 Å². The summed E-state index contributed by atoms with van der Waals surface area (Å²) in [4.78, 5) is 4.49. The average molecular weight is 214 g/mol. The molecule has 0 saturated carbocycles. The number of aryl methyl sites for hydroxylation is 1. The van der Waals surface area contributed by atoms with Crippen LogP contribution in [0.1, 0.15) is 11.4 Å². The van der Waals surface area contributed by atoms with E-state index < -0.39 is 0 Å². The minimum Gasteiger partial charge on any atom is -0.241 e. The van der Waals surface area contributed by atoms with Gasteiger partial charge in [0.25, 0.3) is 0 Å². The van der Waals surface area contributed by atoms with Gasteiger partial charge in [-0.2, -0.15) is 5.26 Å². The van der Waals surface area contributed by atoms with Gasteiger partial charge in [-0.15, -0.1) is 11.3 Å². The second kappa shape index (κ2) is 4.72. The summed E-state index contributed by atoms with van der Waals surface area (Å²) in [7, 11) is 0. The zero-order valence-electron chi connectivity index (χ0n) is 8.18. The van der Waals surface area contributed by atoms with E-state index in [-0.39, 0.29) is 0 Å². The van der Waals surface area contributed by atoms with E-state index in [2.05, 4.69) is 11.1 Å². The molecule has 1 heterocycles. The fourth-order valence-electron chi connectivity index (χ4n) is 1.33. The van der Waals surface area contributed by atoms with Gasteiger partial charge in [0, 0.05) is 23.8 Å². The molecule has 2 nitrogen and oxygen atoms in total. The SMILES string of the molecule is N#CCCc1nc(-c2ccccc2)cs1. The van der Waals surface area contributed by atoms with Gasteiger partial charge >= 0.3 is 0 Å². The largest absolute Gasteiger partial charge is 0.241 e. The van der Waals surface area contributed by atoms with E-state index in [1.165, 1.54) is 0 Å². The molecule has 74 valence electrons. The van der Waals surface area contributed by atoms with E-state index in [4.69, 9.17) is 5.26 Å². The normalized spacial score (nSPS) is 9.80. The molecule has 0 aliphatic rings. The van der Waals surface area contributed by atoms with Crippen LogP contribution < -0.4 is 0 Å². The highest BCUT2D eigenvalue weighted by atomic mass is 32.1. The van der Waals surface area contributed by atoms with Gasteiger partial charge in [-0.3, -0.25) is 0 Å². The first-order valence-electron chi connectivity index (χ1n) is 4.77. The van der Waals surface area contributed by atoms with Crippen molar-refractivity contribution in [1.29, 1.82) is 5.26 Å². The molecule has 15 heavy (non-hydrogen) atoms. The number of nitrogens with zero attached hydrogens (tertiary/aromatic N) is 2. The number of nitriles is 1. The number of rotatable bonds is 3. The topological polar surface area (TPSA) is 36.7 Å². The summed E-state index contributed by atoms with van der Waals surface area (Å²) in [6.45, 7) is 0. The zero-order valence-corrected chi connectivity index (χ0v) is 9.00. The summed E-state index contributed by atoms with van der Waals surface area (Å²) in [5.41, 5.74) is 2.14. The quantitative estimate of drug-likeness (QED) is 0.786. The Morgan fingerprint density at radius 1 is 1.27 bits per heavy atom. The first kappa shape index (κ1) is 9.88. The van der Waals surface area contributed by atoms with Crippen molar-refractivity contribution in [2.24, 2.45) is 0 Å². The number of hydrogen-bond donors (Lipinski definition) is 0. The van der Waals surface area contributed by atoms with E-state index in [1.54, 1.807) is 11.3 Å².